The minimum atomic E-state index is -0.932. The number of anilines is 1. The average Bonchev–Trinajstić information content (AvgIpc) is 3.42. The largest absolute Gasteiger partial charge is 0.466 e. The molecule has 2 aromatic carbocycles. The highest BCUT2D eigenvalue weighted by atomic mass is 32.1. The molecule has 10 nitrogen and oxygen atoms in total. The lowest BCUT2D eigenvalue weighted by Gasteiger charge is -2.29. The number of non-ortho nitro benzene ring substituents is 1. The Bertz CT molecular complexity index is 1300. The number of aromatic nitrogens is 1. The molecule has 5 rings (SSSR count). The number of nitro groups is 1. The second-order valence-electron chi connectivity index (χ2n) is 7.75. The molecule has 1 aromatic heterocycles. The quantitative estimate of drug-likeness (QED) is 0.311. The van der Waals surface area contributed by atoms with Gasteiger partial charge in [0, 0.05) is 25.2 Å². The molecule has 1 fully saturated rings. The van der Waals surface area contributed by atoms with Gasteiger partial charge in [-0.1, -0.05) is 35.6 Å². The van der Waals surface area contributed by atoms with Crippen molar-refractivity contribution in [2.75, 3.05) is 38.3 Å². The average molecular weight is 481 g/mol. The number of fused-ring (bicyclic) bond motifs is 1. The van der Waals surface area contributed by atoms with E-state index in [4.69, 9.17) is 9.47 Å². The van der Waals surface area contributed by atoms with E-state index < -0.39 is 22.8 Å². The fraction of sp³-hybridized carbons (Fsp3) is 0.261. The van der Waals surface area contributed by atoms with E-state index in [-0.39, 0.29) is 17.0 Å². The smallest absolute Gasteiger partial charge is 0.338 e. The molecule has 174 valence electrons. The summed E-state index contributed by atoms with van der Waals surface area (Å²) in [6.45, 7) is 1.68. The number of para-hydroxylation sites is 1. The number of methoxy groups -OCH3 is 1. The molecule has 0 spiro atoms. The van der Waals surface area contributed by atoms with Gasteiger partial charge in [-0.2, -0.15) is 0 Å². The molecule has 0 saturated carbocycles. The molecule has 1 unspecified atom stereocenters. The van der Waals surface area contributed by atoms with Crippen molar-refractivity contribution in [2.24, 2.45) is 0 Å². The molecule has 1 amide bonds. The van der Waals surface area contributed by atoms with Crippen molar-refractivity contribution in [3.63, 3.8) is 0 Å². The Morgan fingerprint density at radius 3 is 2.68 bits per heavy atom. The van der Waals surface area contributed by atoms with Crippen LogP contribution in [-0.2, 0) is 19.1 Å². The van der Waals surface area contributed by atoms with Crippen LogP contribution in [0.2, 0.25) is 0 Å². The fourth-order valence-corrected chi connectivity index (χ4v) is 5.29. The molecule has 0 bridgehead atoms. The summed E-state index contributed by atoms with van der Waals surface area (Å²) in [4.78, 5) is 45.9. The van der Waals surface area contributed by atoms with Crippen LogP contribution in [0.5, 0.6) is 0 Å². The minimum absolute atomic E-state index is 0.133. The highest BCUT2D eigenvalue weighted by Gasteiger charge is 2.48. The second-order valence-corrected chi connectivity index (χ2v) is 8.76. The summed E-state index contributed by atoms with van der Waals surface area (Å²) in [5, 5.41) is 11.9. The van der Waals surface area contributed by atoms with E-state index in [1.165, 1.54) is 41.5 Å². The van der Waals surface area contributed by atoms with E-state index in [0.717, 1.165) is 4.70 Å². The van der Waals surface area contributed by atoms with Crippen LogP contribution >= 0.6 is 11.3 Å². The maximum absolute atomic E-state index is 13.9. The maximum Gasteiger partial charge on any atom is 0.338 e. The molecule has 0 aliphatic carbocycles. The van der Waals surface area contributed by atoms with Gasteiger partial charge in [-0.3, -0.25) is 19.8 Å². The first-order valence-electron chi connectivity index (χ1n) is 10.6. The zero-order valence-corrected chi connectivity index (χ0v) is 19.0. The van der Waals surface area contributed by atoms with Gasteiger partial charge in [0.15, 0.2) is 5.13 Å². The zero-order chi connectivity index (χ0) is 23.8. The van der Waals surface area contributed by atoms with Gasteiger partial charge in [0.2, 0.25) is 0 Å². The second kappa shape index (κ2) is 8.84. The summed E-state index contributed by atoms with van der Waals surface area (Å²) in [7, 11) is 1.25. The molecule has 1 atom stereocenters. The van der Waals surface area contributed by atoms with Crippen molar-refractivity contribution < 1.29 is 24.0 Å². The normalized spacial score (nSPS) is 18.6. The van der Waals surface area contributed by atoms with Gasteiger partial charge in [-0.15, -0.1) is 0 Å². The number of benzene rings is 2. The molecule has 11 heteroatoms. The van der Waals surface area contributed by atoms with Crippen molar-refractivity contribution in [1.82, 2.24) is 9.88 Å². The van der Waals surface area contributed by atoms with Crippen LogP contribution in [0.3, 0.4) is 0 Å². The van der Waals surface area contributed by atoms with E-state index in [2.05, 4.69) is 4.98 Å². The van der Waals surface area contributed by atoms with Gasteiger partial charge in [0.25, 0.3) is 11.6 Å². The molecule has 2 aliphatic rings. The summed E-state index contributed by atoms with van der Waals surface area (Å²) >= 11 is 1.32. The lowest BCUT2D eigenvalue weighted by Crippen LogP contribution is -2.40. The SMILES string of the molecule is COC(=O)C1=C(N2CCOCC2)C(=O)N(c2nc3ccccc3s2)C1c1cccc([N+](=O)[O-])c1. The van der Waals surface area contributed by atoms with Crippen molar-refractivity contribution in [3.8, 4) is 0 Å². The third-order valence-corrected chi connectivity index (χ3v) is 6.86. The van der Waals surface area contributed by atoms with Crippen molar-refractivity contribution in [2.45, 2.75) is 6.04 Å². The van der Waals surface area contributed by atoms with Crippen LogP contribution in [0.25, 0.3) is 10.2 Å². The van der Waals surface area contributed by atoms with E-state index >= 15 is 0 Å². The first-order chi connectivity index (χ1) is 16.5. The van der Waals surface area contributed by atoms with Gasteiger partial charge in [0.05, 0.1) is 47.1 Å². The van der Waals surface area contributed by atoms with Gasteiger partial charge < -0.3 is 14.4 Å². The van der Waals surface area contributed by atoms with E-state index in [1.54, 1.807) is 6.07 Å². The molecular weight excluding hydrogens is 460 g/mol. The van der Waals surface area contributed by atoms with Gasteiger partial charge in [-0.05, 0) is 17.7 Å². The van der Waals surface area contributed by atoms with Crippen LogP contribution in [0.4, 0.5) is 10.8 Å². The topological polar surface area (TPSA) is 115 Å². The Morgan fingerprint density at radius 2 is 1.97 bits per heavy atom. The summed E-state index contributed by atoms with van der Waals surface area (Å²) in [6.07, 6.45) is 0. The number of carbonyl (C=O) groups is 2. The Hall–Kier alpha value is -3.83. The summed E-state index contributed by atoms with van der Waals surface area (Å²) < 4.78 is 11.4. The number of nitrogens with zero attached hydrogens (tertiary/aromatic N) is 4. The molecule has 34 heavy (non-hydrogen) atoms. The number of nitro benzene ring substituents is 1. The number of ether oxygens (including phenoxy) is 2. The van der Waals surface area contributed by atoms with E-state index in [0.29, 0.717) is 42.5 Å². The highest BCUT2D eigenvalue weighted by molar-refractivity contribution is 7.22. The van der Waals surface area contributed by atoms with E-state index in [9.17, 15) is 19.7 Å². The van der Waals surface area contributed by atoms with Crippen LogP contribution < -0.4 is 4.90 Å². The number of carbonyl (C=O) groups excluding carboxylic acids is 2. The number of hydrogen-bond acceptors (Lipinski definition) is 9. The van der Waals surface area contributed by atoms with Crippen LogP contribution in [-0.4, -0.2) is 60.1 Å². The lowest BCUT2D eigenvalue weighted by atomic mass is 9.98. The predicted molar refractivity (Wildman–Crippen MR) is 124 cm³/mol. The van der Waals surface area contributed by atoms with Crippen molar-refractivity contribution in [3.05, 3.63) is 75.5 Å². The van der Waals surface area contributed by atoms with Crippen LogP contribution in [0, 0.1) is 10.1 Å². The third kappa shape index (κ3) is 3.68. The van der Waals surface area contributed by atoms with Crippen molar-refractivity contribution >= 4 is 44.2 Å². The number of morpholine rings is 1. The predicted octanol–water partition coefficient (Wildman–Crippen LogP) is 3.05. The zero-order valence-electron chi connectivity index (χ0n) is 18.2. The summed E-state index contributed by atoms with van der Waals surface area (Å²) in [6, 6.07) is 12.5. The molecular formula is C23H20N4O6S. The first kappa shape index (κ1) is 22.0. The molecule has 1 saturated heterocycles. The summed E-state index contributed by atoms with van der Waals surface area (Å²) in [5.41, 5.74) is 1.34. The molecule has 2 aliphatic heterocycles. The fourth-order valence-electron chi connectivity index (χ4n) is 4.30. The lowest BCUT2D eigenvalue weighted by molar-refractivity contribution is -0.384. The Labute approximate surface area is 198 Å². The number of hydrogen-bond donors (Lipinski definition) is 0. The standard InChI is InChI=1S/C23H20N4O6S/c1-32-22(29)18-19(14-5-4-6-15(13-14)27(30)31)26(21(28)20(18)25-9-11-33-12-10-25)23-24-16-7-2-3-8-17(16)34-23/h2-8,13,19H,9-12H2,1H3. The molecule has 0 radical (unpaired) electrons. The number of esters is 1. The number of amides is 1. The van der Waals surface area contributed by atoms with Crippen LogP contribution in [0.1, 0.15) is 11.6 Å². The summed E-state index contributed by atoms with van der Waals surface area (Å²) in [5.74, 6) is -1.08. The molecule has 3 heterocycles. The number of rotatable bonds is 5. The first-order valence-corrected chi connectivity index (χ1v) is 11.4. The van der Waals surface area contributed by atoms with Gasteiger partial charge >= 0.3 is 5.97 Å². The highest BCUT2D eigenvalue weighted by Crippen LogP contribution is 2.45. The maximum atomic E-state index is 13.9. The van der Waals surface area contributed by atoms with Gasteiger partial charge in [-0.25, -0.2) is 9.78 Å². The van der Waals surface area contributed by atoms with Crippen molar-refractivity contribution in [1.29, 1.82) is 0 Å². The molecule has 0 N–H and O–H groups in total. The third-order valence-electron chi connectivity index (χ3n) is 5.83. The molecule has 3 aromatic rings. The Kier molecular flexibility index (Phi) is 5.72. The Morgan fingerprint density at radius 1 is 1.21 bits per heavy atom. The van der Waals surface area contributed by atoms with E-state index in [1.807, 2.05) is 29.2 Å². The van der Waals surface area contributed by atoms with Gasteiger partial charge in [0.1, 0.15) is 5.70 Å². The van der Waals surface area contributed by atoms with Crippen LogP contribution in [0.15, 0.2) is 59.8 Å². The number of thiazole rings is 1. The monoisotopic (exact) mass is 480 g/mol. The Balaban J connectivity index is 1.73. The minimum Gasteiger partial charge on any atom is -0.466 e.